The second-order valence-electron chi connectivity index (χ2n) is 2.82. The highest BCUT2D eigenvalue weighted by molar-refractivity contribution is 7.09. The van der Waals surface area contributed by atoms with Gasteiger partial charge in [0.25, 0.3) is 0 Å². The zero-order valence-corrected chi connectivity index (χ0v) is 8.10. The lowest BCUT2D eigenvalue weighted by Gasteiger charge is -2.09. The molecule has 2 N–H and O–H groups in total. The Labute approximate surface area is 77.1 Å². The first kappa shape index (κ1) is 9.42. The van der Waals surface area contributed by atoms with E-state index in [-0.39, 0.29) is 6.04 Å². The molecule has 12 heavy (non-hydrogen) atoms. The number of hydrogen-bond donors (Lipinski definition) is 1. The first-order chi connectivity index (χ1) is 5.74. The average molecular weight is 182 g/mol. The van der Waals surface area contributed by atoms with Crippen LogP contribution >= 0.6 is 11.3 Å². The number of rotatable bonds is 4. The minimum absolute atomic E-state index is 0.0879. The van der Waals surface area contributed by atoms with Crippen LogP contribution in [0.4, 0.5) is 0 Å². The van der Waals surface area contributed by atoms with Crippen molar-refractivity contribution in [3.05, 3.63) is 28.7 Å². The molecule has 0 saturated carbocycles. The van der Waals surface area contributed by atoms with Gasteiger partial charge >= 0.3 is 0 Å². The van der Waals surface area contributed by atoms with Crippen molar-refractivity contribution < 1.29 is 0 Å². The van der Waals surface area contributed by atoms with Crippen LogP contribution in [0.5, 0.6) is 0 Å². The zero-order chi connectivity index (χ0) is 8.97. The van der Waals surface area contributed by atoms with Gasteiger partial charge in [-0.3, -0.25) is 4.98 Å². The second-order valence-corrected chi connectivity index (χ2v) is 3.74. The average Bonchev–Trinajstić information content (AvgIpc) is 2.56. The van der Waals surface area contributed by atoms with Gasteiger partial charge in [0.05, 0.1) is 5.51 Å². The Morgan fingerprint density at radius 1 is 1.83 bits per heavy atom. The molecule has 0 saturated heterocycles. The van der Waals surface area contributed by atoms with Crippen molar-refractivity contribution >= 4 is 11.3 Å². The molecular formula is C9H14N2S. The van der Waals surface area contributed by atoms with Crippen molar-refractivity contribution in [2.24, 2.45) is 5.73 Å². The predicted octanol–water partition coefficient (Wildman–Crippen LogP) is 2.50. The third-order valence-electron chi connectivity index (χ3n) is 1.83. The van der Waals surface area contributed by atoms with Crippen molar-refractivity contribution in [3.8, 4) is 0 Å². The number of nitrogens with two attached hydrogens (primary N) is 1. The van der Waals surface area contributed by atoms with Crippen LogP contribution in [0.3, 0.4) is 0 Å². The van der Waals surface area contributed by atoms with E-state index in [0.29, 0.717) is 0 Å². The molecule has 1 aromatic heterocycles. The van der Waals surface area contributed by atoms with Crippen LogP contribution in [0.15, 0.2) is 23.9 Å². The molecule has 3 heteroatoms. The smallest absolute Gasteiger partial charge is 0.0794 e. The maximum absolute atomic E-state index is 5.93. The Morgan fingerprint density at radius 2 is 2.58 bits per heavy atom. The molecular weight excluding hydrogens is 168 g/mol. The highest BCUT2D eigenvalue weighted by atomic mass is 32.1. The van der Waals surface area contributed by atoms with Crippen molar-refractivity contribution in [3.63, 3.8) is 0 Å². The molecule has 0 spiro atoms. The first-order valence-corrected chi connectivity index (χ1v) is 4.92. The Balaban J connectivity index is 2.49. The van der Waals surface area contributed by atoms with E-state index in [1.165, 1.54) is 5.57 Å². The summed E-state index contributed by atoms with van der Waals surface area (Å²) in [5, 5.41) is 0. The molecule has 0 aliphatic carbocycles. The van der Waals surface area contributed by atoms with Gasteiger partial charge in [0.2, 0.25) is 0 Å². The van der Waals surface area contributed by atoms with E-state index in [1.54, 1.807) is 11.3 Å². The first-order valence-electron chi connectivity index (χ1n) is 4.04. The maximum Gasteiger partial charge on any atom is 0.0794 e. The lowest BCUT2D eigenvalue weighted by atomic mass is 10.1. The van der Waals surface area contributed by atoms with Gasteiger partial charge in [-0.1, -0.05) is 19.1 Å². The molecule has 0 aliphatic heterocycles. The Hall–Kier alpha value is -0.670. The van der Waals surface area contributed by atoms with Crippen LogP contribution < -0.4 is 5.73 Å². The fourth-order valence-corrected chi connectivity index (χ4v) is 1.59. The van der Waals surface area contributed by atoms with Crippen LogP contribution in [-0.2, 0) is 0 Å². The minimum atomic E-state index is 0.0879. The predicted molar refractivity (Wildman–Crippen MR) is 53.1 cm³/mol. The third-order valence-corrected chi connectivity index (χ3v) is 2.73. The van der Waals surface area contributed by atoms with Crippen molar-refractivity contribution in [2.75, 3.05) is 0 Å². The summed E-state index contributed by atoms with van der Waals surface area (Å²) in [6, 6.07) is 0.0879. The SMILES string of the molecule is C=C(CC)CC(N)c1cncs1. The highest BCUT2D eigenvalue weighted by Crippen LogP contribution is 2.21. The largest absolute Gasteiger partial charge is 0.323 e. The van der Waals surface area contributed by atoms with E-state index >= 15 is 0 Å². The molecule has 1 unspecified atom stereocenters. The molecule has 0 fully saturated rings. The van der Waals surface area contributed by atoms with Crippen LogP contribution in [-0.4, -0.2) is 4.98 Å². The third kappa shape index (κ3) is 2.43. The number of nitrogens with zero attached hydrogens (tertiary/aromatic N) is 1. The van der Waals surface area contributed by atoms with Crippen LogP contribution in [0.2, 0.25) is 0 Å². The van der Waals surface area contributed by atoms with E-state index in [0.717, 1.165) is 17.7 Å². The fraction of sp³-hybridized carbons (Fsp3) is 0.444. The van der Waals surface area contributed by atoms with E-state index in [1.807, 2.05) is 11.7 Å². The molecule has 0 radical (unpaired) electrons. The topological polar surface area (TPSA) is 38.9 Å². The van der Waals surface area contributed by atoms with Gasteiger partial charge in [-0.05, 0) is 12.8 Å². The molecule has 1 rings (SSSR count). The van der Waals surface area contributed by atoms with Crippen molar-refractivity contribution in [2.45, 2.75) is 25.8 Å². The summed E-state index contributed by atoms with van der Waals surface area (Å²) in [7, 11) is 0. The molecule has 0 aromatic carbocycles. The Kier molecular flexibility index (Phi) is 3.44. The van der Waals surface area contributed by atoms with Crippen LogP contribution in [0.25, 0.3) is 0 Å². The van der Waals surface area contributed by atoms with Gasteiger partial charge in [0.1, 0.15) is 0 Å². The van der Waals surface area contributed by atoms with Crippen molar-refractivity contribution in [1.82, 2.24) is 4.98 Å². The van der Waals surface area contributed by atoms with Crippen LogP contribution in [0, 0.1) is 0 Å². The van der Waals surface area contributed by atoms with E-state index in [4.69, 9.17) is 5.73 Å². The van der Waals surface area contributed by atoms with Gasteiger partial charge in [0.15, 0.2) is 0 Å². The summed E-state index contributed by atoms with van der Waals surface area (Å²) >= 11 is 1.61. The van der Waals surface area contributed by atoms with E-state index in [9.17, 15) is 0 Å². The number of hydrogen-bond acceptors (Lipinski definition) is 3. The minimum Gasteiger partial charge on any atom is -0.323 e. The van der Waals surface area contributed by atoms with Crippen LogP contribution in [0.1, 0.15) is 30.7 Å². The van der Waals surface area contributed by atoms with Crippen molar-refractivity contribution in [1.29, 1.82) is 0 Å². The van der Waals surface area contributed by atoms with Gasteiger partial charge in [0, 0.05) is 17.1 Å². The van der Waals surface area contributed by atoms with Gasteiger partial charge in [-0.2, -0.15) is 0 Å². The van der Waals surface area contributed by atoms with Gasteiger partial charge in [-0.15, -0.1) is 11.3 Å². The standard InChI is InChI=1S/C9H14N2S/c1-3-7(2)4-8(10)9-5-11-6-12-9/h5-6,8H,2-4,10H2,1H3. The summed E-state index contributed by atoms with van der Waals surface area (Å²) in [6.07, 6.45) is 3.71. The normalized spacial score (nSPS) is 12.8. The molecule has 0 aliphatic rings. The monoisotopic (exact) mass is 182 g/mol. The number of thiazole rings is 1. The van der Waals surface area contributed by atoms with E-state index < -0.39 is 0 Å². The van der Waals surface area contributed by atoms with E-state index in [2.05, 4.69) is 18.5 Å². The Bertz CT molecular complexity index is 241. The van der Waals surface area contributed by atoms with Gasteiger partial charge in [-0.25, -0.2) is 0 Å². The molecule has 2 nitrogen and oxygen atoms in total. The number of aromatic nitrogens is 1. The quantitative estimate of drug-likeness (QED) is 0.727. The maximum atomic E-state index is 5.93. The highest BCUT2D eigenvalue weighted by Gasteiger charge is 2.07. The summed E-state index contributed by atoms with van der Waals surface area (Å²) in [4.78, 5) is 5.13. The summed E-state index contributed by atoms with van der Waals surface area (Å²) in [5.41, 5.74) is 8.94. The zero-order valence-electron chi connectivity index (χ0n) is 7.29. The summed E-state index contributed by atoms with van der Waals surface area (Å²) in [6.45, 7) is 6.03. The fourth-order valence-electron chi connectivity index (χ4n) is 0.965. The summed E-state index contributed by atoms with van der Waals surface area (Å²) in [5.74, 6) is 0. The molecule has 66 valence electrons. The molecule has 0 bridgehead atoms. The Morgan fingerprint density at radius 3 is 3.08 bits per heavy atom. The van der Waals surface area contributed by atoms with Gasteiger partial charge < -0.3 is 5.73 Å². The molecule has 0 amide bonds. The second kappa shape index (κ2) is 4.38. The lowest BCUT2D eigenvalue weighted by Crippen LogP contribution is -2.08. The molecule has 1 atom stereocenters. The lowest BCUT2D eigenvalue weighted by molar-refractivity contribution is 0.712. The summed E-state index contributed by atoms with van der Waals surface area (Å²) < 4.78 is 0. The molecule has 1 heterocycles. The molecule has 1 aromatic rings.